The number of aromatic amines is 1. The maximum absolute atomic E-state index is 11.8. The van der Waals surface area contributed by atoms with Gasteiger partial charge in [0.2, 0.25) is 0 Å². The van der Waals surface area contributed by atoms with Crippen molar-refractivity contribution in [3.63, 3.8) is 0 Å². The second-order valence-corrected chi connectivity index (χ2v) is 4.99. The van der Waals surface area contributed by atoms with Gasteiger partial charge in [0.15, 0.2) is 6.23 Å². The highest BCUT2D eigenvalue weighted by molar-refractivity contribution is 4.98. The fourth-order valence-corrected chi connectivity index (χ4v) is 2.39. The number of hydrogen-bond acceptors (Lipinski definition) is 5. The molecule has 0 saturated carbocycles. The summed E-state index contributed by atoms with van der Waals surface area (Å²) < 4.78 is 12.4. The van der Waals surface area contributed by atoms with Crippen molar-refractivity contribution in [2.24, 2.45) is 5.92 Å². The van der Waals surface area contributed by atoms with Gasteiger partial charge in [-0.3, -0.25) is 14.3 Å². The Labute approximate surface area is 109 Å². The van der Waals surface area contributed by atoms with Crippen LogP contribution in [0.2, 0.25) is 0 Å². The summed E-state index contributed by atoms with van der Waals surface area (Å²) in [6, 6.07) is 1.25. The normalized spacial score (nSPS) is 34.6. The Morgan fingerprint density at radius 1 is 1.58 bits per heavy atom. The van der Waals surface area contributed by atoms with Crippen molar-refractivity contribution >= 4 is 0 Å². The summed E-state index contributed by atoms with van der Waals surface area (Å²) in [6.07, 6.45) is 0.301. The molecular formula is C12H18N2O5. The molecule has 7 nitrogen and oxygen atoms in total. The summed E-state index contributed by atoms with van der Waals surface area (Å²) in [5.74, 6) is -0.105. The highest BCUT2D eigenvalue weighted by Gasteiger charge is 2.50. The van der Waals surface area contributed by atoms with Crippen LogP contribution in [0.15, 0.2) is 21.9 Å². The minimum absolute atomic E-state index is 0.105. The van der Waals surface area contributed by atoms with Crippen LogP contribution in [-0.2, 0) is 9.47 Å². The molecule has 0 aromatic carbocycles. The lowest BCUT2D eigenvalue weighted by molar-refractivity contribution is -0.109. The Kier molecular flexibility index (Phi) is 3.62. The molecule has 0 amide bonds. The number of hydrogen-bond donors (Lipinski definition) is 2. The van der Waals surface area contributed by atoms with E-state index in [1.807, 2.05) is 6.92 Å². The van der Waals surface area contributed by atoms with Gasteiger partial charge in [-0.1, -0.05) is 6.92 Å². The topological polar surface area (TPSA) is 93.6 Å². The van der Waals surface area contributed by atoms with Crippen LogP contribution >= 0.6 is 0 Å². The average molecular weight is 270 g/mol. The van der Waals surface area contributed by atoms with Gasteiger partial charge < -0.3 is 14.6 Å². The number of rotatable bonds is 3. The van der Waals surface area contributed by atoms with Crippen LogP contribution in [0.25, 0.3) is 0 Å². The van der Waals surface area contributed by atoms with E-state index in [9.17, 15) is 14.7 Å². The van der Waals surface area contributed by atoms with Crippen molar-refractivity contribution in [3.8, 4) is 0 Å². The van der Waals surface area contributed by atoms with Gasteiger partial charge in [0.25, 0.3) is 5.56 Å². The fourth-order valence-electron chi connectivity index (χ4n) is 2.39. The second kappa shape index (κ2) is 4.92. The molecule has 0 bridgehead atoms. The Morgan fingerprint density at radius 3 is 2.79 bits per heavy atom. The Balaban J connectivity index is 2.44. The SMILES string of the molecule is CO[C@H]1[C@H](n2ccc(=O)[nH]c2=O)O[C@](C)(CO)[C@H]1C. The lowest BCUT2D eigenvalue weighted by Crippen LogP contribution is -2.37. The zero-order valence-electron chi connectivity index (χ0n) is 11.1. The van der Waals surface area contributed by atoms with Crippen molar-refractivity contribution in [2.75, 3.05) is 13.7 Å². The largest absolute Gasteiger partial charge is 0.393 e. The number of aliphatic hydroxyl groups is 1. The van der Waals surface area contributed by atoms with Gasteiger partial charge in [-0.2, -0.15) is 0 Å². The number of nitrogens with zero attached hydrogens (tertiary/aromatic N) is 1. The first-order valence-electron chi connectivity index (χ1n) is 6.06. The van der Waals surface area contributed by atoms with Gasteiger partial charge in [0.05, 0.1) is 12.2 Å². The summed E-state index contributed by atoms with van der Waals surface area (Å²) in [4.78, 5) is 25.1. The van der Waals surface area contributed by atoms with Gasteiger partial charge in [-0.15, -0.1) is 0 Å². The predicted molar refractivity (Wildman–Crippen MR) is 66.9 cm³/mol. The van der Waals surface area contributed by atoms with E-state index < -0.39 is 23.1 Å². The standard InChI is InChI=1S/C12H18N2O5/c1-7-9(18-3)10(19-12(7,2)6-15)14-5-4-8(16)13-11(14)17/h4-5,7,9-10,15H,6H2,1-3H3,(H,13,16,17)/t7-,9+,10+,12+/m0/s1. The number of ether oxygens (including phenoxy) is 2. The molecule has 1 aromatic heterocycles. The molecule has 4 atom stereocenters. The molecular weight excluding hydrogens is 252 g/mol. The number of nitrogens with one attached hydrogen (secondary N) is 1. The lowest BCUT2D eigenvalue weighted by Gasteiger charge is -2.26. The summed E-state index contributed by atoms with van der Waals surface area (Å²) in [7, 11) is 1.53. The summed E-state index contributed by atoms with van der Waals surface area (Å²) in [6.45, 7) is 3.48. The number of H-pyrrole nitrogens is 1. The molecule has 1 aliphatic heterocycles. The molecule has 0 aliphatic carbocycles. The molecule has 1 aliphatic rings. The molecule has 19 heavy (non-hydrogen) atoms. The van der Waals surface area contributed by atoms with E-state index in [0.29, 0.717) is 0 Å². The van der Waals surface area contributed by atoms with Crippen LogP contribution in [0, 0.1) is 5.92 Å². The molecule has 2 rings (SSSR count). The first-order chi connectivity index (χ1) is 8.92. The second-order valence-electron chi connectivity index (χ2n) is 4.99. The molecule has 7 heteroatoms. The van der Waals surface area contributed by atoms with Crippen LogP contribution in [0.5, 0.6) is 0 Å². The summed E-state index contributed by atoms with van der Waals surface area (Å²) >= 11 is 0. The third-order valence-corrected chi connectivity index (χ3v) is 3.84. The minimum atomic E-state index is -0.791. The highest BCUT2D eigenvalue weighted by Crippen LogP contribution is 2.41. The first-order valence-corrected chi connectivity index (χ1v) is 6.06. The lowest BCUT2D eigenvalue weighted by atomic mass is 9.89. The Bertz CT molecular complexity index is 566. The highest BCUT2D eigenvalue weighted by atomic mass is 16.6. The van der Waals surface area contributed by atoms with Crippen molar-refractivity contribution in [1.82, 2.24) is 9.55 Å². The van der Waals surface area contributed by atoms with E-state index >= 15 is 0 Å². The third-order valence-electron chi connectivity index (χ3n) is 3.84. The minimum Gasteiger partial charge on any atom is -0.393 e. The average Bonchev–Trinajstić information content (AvgIpc) is 2.62. The van der Waals surface area contributed by atoms with Crippen molar-refractivity contribution < 1.29 is 14.6 Å². The molecule has 1 saturated heterocycles. The van der Waals surface area contributed by atoms with Gasteiger partial charge in [0, 0.05) is 25.3 Å². The van der Waals surface area contributed by atoms with E-state index in [-0.39, 0.29) is 18.6 Å². The molecule has 2 heterocycles. The summed E-state index contributed by atoms with van der Waals surface area (Å²) in [5.41, 5.74) is -1.82. The van der Waals surface area contributed by atoms with Gasteiger partial charge in [-0.25, -0.2) is 4.79 Å². The van der Waals surface area contributed by atoms with Gasteiger partial charge in [-0.05, 0) is 6.92 Å². The van der Waals surface area contributed by atoms with Crippen LogP contribution in [-0.4, -0.2) is 40.1 Å². The van der Waals surface area contributed by atoms with Crippen molar-refractivity contribution in [3.05, 3.63) is 33.1 Å². The monoisotopic (exact) mass is 270 g/mol. The zero-order chi connectivity index (χ0) is 14.2. The van der Waals surface area contributed by atoms with Crippen molar-refractivity contribution in [2.45, 2.75) is 31.8 Å². The summed E-state index contributed by atoms with van der Waals surface area (Å²) in [5, 5.41) is 9.46. The third kappa shape index (κ3) is 2.24. The zero-order valence-corrected chi connectivity index (χ0v) is 11.1. The quantitative estimate of drug-likeness (QED) is 0.770. The van der Waals surface area contributed by atoms with Crippen LogP contribution in [0.1, 0.15) is 20.1 Å². The predicted octanol–water partition coefficient (Wildman–Crippen LogP) is -0.532. The van der Waals surface area contributed by atoms with Gasteiger partial charge in [0.1, 0.15) is 6.10 Å². The Morgan fingerprint density at radius 2 is 2.26 bits per heavy atom. The first kappa shape index (κ1) is 14.0. The number of aliphatic hydroxyl groups excluding tert-OH is 1. The molecule has 0 unspecified atom stereocenters. The van der Waals surface area contributed by atoms with E-state index in [4.69, 9.17) is 9.47 Å². The smallest absolute Gasteiger partial charge is 0.330 e. The van der Waals surface area contributed by atoms with Crippen LogP contribution in [0.4, 0.5) is 0 Å². The molecule has 2 N–H and O–H groups in total. The van der Waals surface area contributed by atoms with Crippen molar-refractivity contribution in [1.29, 1.82) is 0 Å². The maximum atomic E-state index is 11.8. The van der Waals surface area contributed by atoms with E-state index in [2.05, 4.69) is 4.98 Å². The maximum Gasteiger partial charge on any atom is 0.330 e. The molecule has 0 spiro atoms. The number of methoxy groups -OCH3 is 1. The molecule has 106 valence electrons. The molecule has 0 radical (unpaired) electrons. The van der Waals surface area contributed by atoms with Crippen LogP contribution < -0.4 is 11.2 Å². The molecule has 1 aromatic rings. The fraction of sp³-hybridized carbons (Fsp3) is 0.667. The van der Waals surface area contributed by atoms with E-state index in [1.165, 1.54) is 23.9 Å². The van der Waals surface area contributed by atoms with Gasteiger partial charge >= 0.3 is 5.69 Å². The van der Waals surface area contributed by atoms with Crippen LogP contribution in [0.3, 0.4) is 0 Å². The molecule has 1 fully saturated rings. The number of aromatic nitrogens is 2. The Hall–Kier alpha value is -1.44. The van der Waals surface area contributed by atoms with E-state index in [1.54, 1.807) is 6.92 Å². The van der Waals surface area contributed by atoms with E-state index in [0.717, 1.165) is 0 Å².